The van der Waals surface area contributed by atoms with Crippen LogP contribution >= 0.6 is 0 Å². The van der Waals surface area contributed by atoms with Gasteiger partial charge >= 0.3 is 5.97 Å². The van der Waals surface area contributed by atoms with Crippen molar-refractivity contribution in [3.63, 3.8) is 0 Å². The summed E-state index contributed by atoms with van der Waals surface area (Å²) in [5, 5.41) is 156. The first-order chi connectivity index (χ1) is 21.1. The van der Waals surface area contributed by atoms with Crippen LogP contribution < -0.4 is 0 Å². The Hall–Kier alpha value is -2.53. The van der Waals surface area contributed by atoms with Crippen LogP contribution in [0.25, 0.3) is 0 Å². The zero-order chi connectivity index (χ0) is 37.5. The monoisotopic (exact) mass is 688 g/mol. The van der Waals surface area contributed by atoms with Gasteiger partial charge in [-0.2, -0.15) is 0 Å². The van der Waals surface area contributed by atoms with E-state index in [1.54, 1.807) is 0 Å². The van der Waals surface area contributed by atoms with Crippen LogP contribution in [0, 0.1) is 0 Å². The lowest BCUT2D eigenvalue weighted by molar-refractivity contribution is -0.163. The van der Waals surface area contributed by atoms with E-state index in [1.807, 2.05) is 0 Å². The fraction of sp³-hybridized carbons (Fsp3) is 0.783. The van der Waals surface area contributed by atoms with Crippen LogP contribution in [0.5, 0.6) is 0 Å². The van der Waals surface area contributed by atoms with Gasteiger partial charge in [-0.15, -0.1) is 0 Å². The van der Waals surface area contributed by atoms with E-state index in [9.17, 15) is 24.0 Å². The van der Waals surface area contributed by atoms with Crippen LogP contribution in [0.3, 0.4) is 0 Å². The normalized spacial score (nSPS) is 20.7. The van der Waals surface area contributed by atoms with Gasteiger partial charge < -0.3 is 111 Å². The van der Waals surface area contributed by atoms with Crippen molar-refractivity contribution in [2.45, 2.75) is 98.5 Å². The molecule has 0 aromatic carbocycles. The van der Waals surface area contributed by atoms with Crippen molar-refractivity contribution in [3.8, 4) is 0 Å². The predicted molar refractivity (Wildman–Crippen MR) is 142 cm³/mol. The second-order valence-corrected chi connectivity index (χ2v) is 8.96. The van der Waals surface area contributed by atoms with E-state index in [4.69, 9.17) is 91.9 Å². The molecule has 18 N–H and O–H groups in total. The number of aliphatic hydroxyl groups excluding tert-OH is 17. The van der Waals surface area contributed by atoms with Gasteiger partial charge in [0.05, 0.1) is 19.3 Å². The molecule has 0 saturated carbocycles. The second kappa shape index (κ2) is 27.6. The largest absolute Gasteiger partial charge is 0.479 e. The van der Waals surface area contributed by atoms with Gasteiger partial charge in [-0.3, -0.25) is 0 Å². The number of hydrogen-bond donors (Lipinski definition) is 18. The first-order valence-corrected chi connectivity index (χ1v) is 12.6. The molecule has 0 radical (unpaired) electrons. The summed E-state index contributed by atoms with van der Waals surface area (Å²) in [6.45, 7) is -0.207. The molecule has 0 aliphatic heterocycles. The number of carboxylic acid groups (broad SMARTS) is 1. The van der Waals surface area contributed by atoms with E-state index in [0.717, 1.165) is 0 Å². The number of aldehydes is 4. The van der Waals surface area contributed by atoms with E-state index in [0.29, 0.717) is 0 Å². The van der Waals surface area contributed by atoms with E-state index >= 15 is 0 Å². The van der Waals surface area contributed by atoms with Gasteiger partial charge in [-0.05, 0) is 6.92 Å². The average Bonchev–Trinajstić information content (AvgIpc) is 3.06. The van der Waals surface area contributed by atoms with Gasteiger partial charge in [0.15, 0.2) is 31.2 Å². The zero-order valence-corrected chi connectivity index (χ0v) is 24.0. The Kier molecular flexibility index (Phi) is 30.2. The Morgan fingerprint density at radius 1 is 0.457 bits per heavy atom. The van der Waals surface area contributed by atoms with E-state index in [1.165, 1.54) is 6.92 Å². The molecule has 0 fully saturated rings. The Balaban J connectivity index is -0.000000257. The number of rotatable bonds is 18. The molecule has 0 spiro atoms. The number of aliphatic carboxylic acids is 1. The van der Waals surface area contributed by atoms with Crippen molar-refractivity contribution < 1.29 is 116 Å². The molecule has 0 aromatic rings. The smallest absolute Gasteiger partial charge is 0.335 e. The summed E-state index contributed by atoms with van der Waals surface area (Å²) in [6.07, 6.45) is -25.7. The Labute approximate surface area is 259 Å². The standard InChI is InChI=1S/C6H10O7.C6H12O6.C6H12O5.C5H10O5/c7-1-2(8)3(9)4(10)5(11)6(12)13;7-1-3(9)5(11)6(12)4(10)2-8;1-3(8)5(10)6(11)4(9)2-7;6-1-3(8)5(10)4(9)2-7/h1-5,8-11H,(H,12,13);1,3-6,8-12H,2H2;2-6,8-11H,1H3;1,3-5,7-10H,2H2/t2-,3+,4+,5-;3-,4+,5+,6-;3-,4-,5-,6-;3-,4-,5+/m0000/s1. The van der Waals surface area contributed by atoms with Crippen LogP contribution in [-0.4, -0.2) is 228 Å². The second-order valence-electron chi connectivity index (χ2n) is 8.96. The van der Waals surface area contributed by atoms with Crippen LogP contribution in [0.4, 0.5) is 0 Å². The minimum Gasteiger partial charge on any atom is -0.479 e. The number of hydrogen-bond acceptors (Lipinski definition) is 22. The molecule has 15 atom stereocenters. The minimum absolute atomic E-state index is 0.0258. The van der Waals surface area contributed by atoms with Crippen molar-refractivity contribution in [2.75, 3.05) is 13.2 Å². The van der Waals surface area contributed by atoms with Gasteiger partial charge in [0.1, 0.15) is 79.4 Å². The zero-order valence-electron chi connectivity index (χ0n) is 24.0. The third-order valence-electron chi connectivity index (χ3n) is 5.24. The molecule has 0 bridgehead atoms. The first-order valence-electron chi connectivity index (χ1n) is 12.6. The van der Waals surface area contributed by atoms with E-state index < -0.39 is 111 Å². The van der Waals surface area contributed by atoms with Gasteiger partial charge in [0.2, 0.25) is 0 Å². The van der Waals surface area contributed by atoms with Crippen molar-refractivity contribution in [2.24, 2.45) is 0 Å². The lowest BCUT2D eigenvalue weighted by atomic mass is 10.0. The third kappa shape index (κ3) is 20.6. The molecule has 0 rings (SSSR count). The molecule has 274 valence electrons. The molecule has 0 heterocycles. The highest BCUT2D eigenvalue weighted by atomic mass is 16.4. The minimum atomic E-state index is -2.25. The maximum Gasteiger partial charge on any atom is 0.335 e. The highest BCUT2D eigenvalue weighted by Crippen LogP contribution is 2.05. The molecule has 23 nitrogen and oxygen atoms in total. The molecule has 0 aromatic heterocycles. The molecule has 0 amide bonds. The van der Waals surface area contributed by atoms with Gasteiger partial charge in [-0.25, -0.2) is 4.79 Å². The van der Waals surface area contributed by atoms with Crippen LogP contribution in [-0.2, 0) is 24.0 Å². The molecule has 0 saturated heterocycles. The number of carbonyl (C=O) groups excluding carboxylic acids is 4. The molecule has 0 aliphatic rings. The molecular weight excluding hydrogens is 644 g/mol. The molecule has 46 heavy (non-hydrogen) atoms. The highest BCUT2D eigenvalue weighted by molar-refractivity contribution is 5.73. The lowest BCUT2D eigenvalue weighted by Crippen LogP contribution is -2.48. The van der Waals surface area contributed by atoms with E-state index in [2.05, 4.69) is 0 Å². The topological polar surface area (TPSA) is 449 Å². The number of aliphatic hydroxyl groups is 17. The predicted octanol–water partition coefficient (Wildman–Crippen LogP) is -11.8. The van der Waals surface area contributed by atoms with Crippen LogP contribution in [0.15, 0.2) is 0 Å². The molecular formula is C23H44O23. The Morgan fingerprint density at radius 2 is 0.717 bits per heavy atom. The maximum atomic E-state index is 10.1. The molecule has 0 aliphatic carbocycles. The van der Waals surface area contributed by atoms with Crippen molar-refractivity contribution in [1.29, 1.82) is 0 Å². The third-order valence-corrected chi connectivity index (χ3v) is 5.24. The fourth-order valence-electron chi connectivity index (χ4n) is 2.22. The summed E-state index contributed by atoms with van der Waals surface area (Å²) in [5.74, 6) is -1.76. The van der Waals surface area contributed by atoms with Crippen molar-refractivity contribution in [3.05, 3.63) is 0 Å². The van der Waals surface area contributed by atoms with Crippen molar-refractivity contribution >= 4 is 31.1 Å². The summed E-state index contributed by atoms with van der Waals surface area (Å²) in [6, 6.07) is 0. The Bertz CT molecular complexity index is 815. The SMILES string of the molecule is C[C@H](O)[C@H](O)[C@@H](O)[C@@H](O)C=O.O=C[C@H](O)[C@@H](O)[C@@H](O)CO.O=C[C@H](O)[C@@H](O)[C@@H](O)[C@H](O)C(=O)O.O=C[C@H](O)[C@@H](O)[C@@H](O)[C@H](O)CO. The highest BCUT2D eigenvalue weighted by Gasteiger charge is 2.34. The Morgan fingerprint density at radius 3 is 0.978 bits per heavy atom. The van der Waals surface area contributed by atoms with Crippen LogP contribution in [0.1, 0.15) is 6.92 Å². The summed E-state index contributed by atoms with van der Waals surface area (Å²) in [7, 11) is 0. The van der Waals surface area contributed by atoms with Gasteiger partial charge in [0, 0.05) is 0 Å². The molecule has 23 heteroatoms. The van der Waals surface area contributed by atoms with Gasteiger partial charge in [-0.1, -0.05) is 0 Å². The number of carbonyl (C=O) groups is 5. The summed E-state index contributed by atoms with van der Waals surface area (Å²) in [4.78, 5) is 49.5. The number of carboxylic acids is 1. The maximum absolute atomic E-state index is 10.1. The van der Waals surface area contributed by atoms with Crippen LogP contribution in [0.2, 0.25) is 0 Å². The van der Waals surface area contributed by atoms with Crippen molar-refractivity contribution in [1.82, 2.24) is 0 Å². The average molecular weight is 689 g/mol. The summed E-state index contributed by atoms with van der Waals surface area (Å²) >= 11 is 0. The quantitative estimate of drug-likeness (QED) is 0.0594. The summed E-state index contributed by atoms with van der Waals surface area (Å²) in [5.41, 5.74) is 0. The molecule has 0 unspecified atom stereocenters. The van der Waals surface area contributed by atoms with Gasteiger partial charge in [0.25, 0.3) is 0 Å². The van der Waals surface area contributed by atoms with E-state index in [-0.39, 0.29) is 25.1 Å². The lowest BCUT2D eigenvalue weighted by Gasteiger charge is -2.22. The first kappa shape index (κ1) is 50.3. The fourth-order valence-corrected chi connectivity index (χ4v) is 2.22. The summed E-state index contributed by atoms with van der Waals surface area (Å²) < 4.78 is 0.